The first-order valence-electron chi connectivity index (χ1n) is 4.43. The van der Waals surface area contributed by atoms with Crippen LogP contribution in [0.3, 0.4) is 0 Å². The van der Waals surface area contributed by atoms with E-state index >= 15 is 0 Å². The third-order valence-corrected chi connectivity index (χ3v) is 2.10. The van der Waals surface area contributed by atoms with E-state index in [1.807, 2.05) is 18.2 Å². The summed E-state index contributed by atoms with van der Waals surface area (Å²) in [7, 11) is 0. The molecule has 0 spiro atoms. The molecule has 3 heteroatoms. The van der Waals surface area contributed by atoms with E-state index < -0.39 is 5.82 Å². The summed E-state index contributed by atoms with van der Waals surface area (Å²) in [4.78, 5) is 0. The highest BCUT2D eigenvalue weighted by molar-refractivity contribution is 6.30. The summed E-state index contributed by atoms with van der Waals surface area (Å²) in [6.07, 6.45) is 0. The Morgan fingerprint density at radius 2 is 1.73 bits per heavy atom. The van der Waals surface area contributed by atoms with Crippen molar-refractivity contribution >= 4 is 11.6 Å². The third kappa shape index (κ3) is 2.48. The Kier molecular flexibility index (Phi) is 2.88. The number of para-hydroxylation sites is 1. The lowest BCUT2D eigenvalue weighted by atomic mass is 10.3. The lowest BCUT2D eigenvalue weighted by molar-refractivity contribution is 0.442. The van der Waals surface area contributed by atoms with Gasteiger partial charge in [0, 0.05) is 11.1 Å². The second-order valence-electron chi connectivity index (χ2n) is 2.99. The van der Waals surface area contributed by atoms with Crippen LogP contribution < -0.4 is 4.74 Å². The van der Waals surface area contributed by atoms with Gasteiger partial charge in [-0.15, -0.1) is 0 Å². The molecule has 0 aliphatic rings. The molecule has 0 aliphatic heterocycles. The summed E-state index contributed by atoms with van der Waals surface area (Å²) in [6.45, 7) is 0. The molecule has 0 aliphatic carbocycles. The van der Waals surface area contributed by atoms with Crippen LogP contribution in [0.15, 0.2) is 48.5 Å². The predicted octanol–water partition coefficient (Wildman–Crippen LogP) is 4.27. The van der Waals surface area contributed by atoms with Gasteiger partial charge in [0.2, 0.25) is 0 Å². The van der Waals surface area contributed by atoms with E-state index in [0.717, 1.165) is 0 Å². The maximum Gasteiger partial charge on any atom is 0.165 e. The minimum Gasteiger partial charge on any atom is -0.454 e. The molecule has 2 aromatic rings. The summed E-state index contributed by atoms with van der Waals surface area (Å²) in [6, 6.07) is 13.2. The van der Waals surface area contributed by atoms with E-state index in [9.17, 15) is 4.39 Å². The topological polar surface area (TPSA) is 9.23 Å². The van der Waals surface area contributed by atoms with Crippen LogP contribution in [0.4, 0.5) is 4.39 Å². The molecule has 0 bridgehead atoms. The number of hydrogen-bond acceptors (Lipinski definition) is 1. The zero-order valence-electron chi connectivity index (χ0n) is 7.78. The number of ether oxygens (including phenoxy) is 1. The number of hydrogen-bond donors (Lipinski definition) is 0. The Bertz CT molecular complexity index is 456. The van der Waals surface area contributed by atoms with Crippen LogP contribution in [0.25, 0.3) is 0 Å². The van der Waals surface area contributed by atoms with Gasteiger partial charge in [0.1, 0.15) is 5.75 Å². The summed E-state index contributed by atoms with van der Waals surface area (Å²) in [5, 5.41) is 0.447. The maximum absolute atomic E-state index is 13.3. The van der Waals surface area contributed by atoms with Crippen molar-refractivity contribution in [2.24, 2.45) is 0 Å². The maximum atomic E-state index is 13.3. The molecule has 0 atom stereocenters. The second kappa shape index (κ2) is 4.32. The predicted molar refractivity (Wildman–Crippen MR) is 57.9 cm³/mol. The SMILES string of the molecule is Fc1ccc(Cl)cc1Oc1ccccc1. The average Bonchev–Trinajstić information content (AvgIpc) is 2.25. The number of halogens is 2. The van der Waals surface area contributed by atoms with Gasteiger partial charge in [0.05, 0.1) is 0 Å². The molecule has 0 saturated carbocycles. The molecule has 0 fully saturated rings. The van der Waals surface area contributed by atoms with Crippen molar-refractivity contribution in [3.05, 3.63) is 59.4 Å². The zero-order chi connectivity index (χ0) is 10.7. The van der Waals surface area contributed by atoms with E-state index in [-0.39, 0.29) is 5.75 Å². The van der Waals surface area contributed by atoms with Crippen LogP contribution in [-0.2, 0) is 0 Å². The highest BCUT2D eigenvalue weighted by Gasteiger charge is 2.04. The van der Waals surface area contributed by atoms with Gasteiger partial charge in [-0.1, -0.05) is 29.8 Å². The molecule has 0 saturated heterocycles. The molecule has 2 aromatic carbocycles. The summed E-state index contributed by atoms with van der Waals surface area (Å²) >= 11 is 5.74. The van der Waals surface area contributed by atoms with Crippen LogP contribution in [0, 0.1) is 5.82 Å². The van der Waals surface area contributed by atoms with Crippen molar-refractivity contribution in [2.75, 3.05) is 0 Å². The van der Waals surface area contributed by atoms with E-state index in [1.165, 1.54) is 18.2 Å². The molecule has 0 amide bonds. The van der Waals surface area contributed by atoms with Crippen molar-refractivity contribution in [3.63, 3.8) is 0 Å². The number of rotatable bonds is 2. The zero-order valence-corrected chi connectivity index (χ0v) is 8.54. The van der Waals surface area contributed by atoms with Gasteiger partial charge in [0.15, 0.2) is 11.6 Å². The Morgan fingerprint density at radius 3 is 2.47 bits per heavy atom. The van der Waals surface area contributed by atoms with Crippen molar-refractivity contribution in [1.82, 2.24) is 0 Å². The van der Waals surface area contributed by atoms with Gasteiger partial charge in [-0.05, 0) is 24.3 Å². The number of benzene rings is 2. The Hall–Kier alpha value is -1.54. The van der Waals surface area contributed by atoms with Crippen molar-refractivity contribution in [2.45, 2.75) is 0 Å². The molecule has 2 rings (SSSR count). The van der Waals surface area contributed by atoms with Gasteiger partial charge in [-0.3, -0.25) is 0 Å². The molecule has 0 aromatic heterocycles. The lowest BCUT2D eigenvalue weighted by Gasteiger charge is -2.06. The Morgan fingerprint density at radius 1 is 1.00 bits per heavy atom. The summed E-state index contributed by atoms with van der Waals surface area (Å²) in [5.41, 5.74) is 0. The quantitative estimate of drug-likeness (QED) is 0.737. The lowest BCUT2D eigenvalue weighted by Crippen LogP contribution is -1.87. The minimum absolute atomic E-state index is 0.133. The van der Waals surface area contributed by atoms with Crippen LogP contribution in [-0.4, -0.2) is 0 Å². The summed E-state index contributed by atoms with van der Waals surface area (Å²) < 4.78 is 18.6. The monoisotopic (exact) mass is 222 g/mol. The van der Waals surface area contributed by atoms with Crippen LogP contribution in [0.5, 0.6) is 11.5 Å². The van der Waals surface area contributed by atoms with Crippen molar-refractivity contribution in [1.29, 1.82) is 0 Å². The molecule has 1 nitrogen and oxygen atoms in total. The molecule has 15 heavy (non-hydrogen) atoms. The molecular formula is C12H8ClFO. The molecular weight excluding hydrogens is 215 g/mol. The molecule has 0 heterocycles. The molecule has 76 valence electrons. The van der Waals surface area contributed by atoms with Crippen LogP contribution in [0.1, 0.15) is 0 Å². The van der Waals surface area contributed by atoms with Gasteiger partial charge in [-0.2, -0.15) is 0 Å². The van der Waals surface area contributed by atoms with E-state index in [4.69, 9.17) is 16.3 Å². The largest absolute Gasteiger partial charge is 0.454 e. The smallest absolute Gasteiger partial charge is 0.165 e. The van der Waals surface area contributed by atoms with Gasteiger partial charge in [-0.25, -0.2) is 4.39 Å². The first-order chi connectivity index (χ1) is 7.25. The van der Waals surface area contributed by atoms with Crippen molar-refractivity contribution < 1.29 is 9.13 Å². The first kappa shape index (κ1) is 9.99. The van der Waals surface area contributed by atoms with E-state index in [2.05, 4.69) is 0 Å². The van der Waals surface area contributed by atoms with Crippen LogP contribution in [0.2, 0.25) is 5.02 Å². The van der Waals surface area contributed by atoms with Gasteiger partial charge < -0.3 is 4.74 Å². The average molecular weight is 223 g/mol. The minimum atomic E-state index is -0.428. The fourth-order valence-electron chi connectivity index (χ4n) is 1.17. The fraction of sp³-hybridized carbons (Fsp3) is 0. The second-order valence-corrected chi connectivity index (χ2v) is 3.43. The first-order valence-corrected chi connectivity index (χ1v) is 4.81. The van der Waals surface area contributed by atoms with E-state index in [1.54, 1.807) is 12.1 Å². The fourth-order valence-corrected chi connectivity index (χ4v) is 1.33. The molecule has 0 unspecified atom stereocenters. The van der Waals surface area contributed by atoms with Gasteiger partial charge in [0.25, 0.3) is 0 Å². The van der Waals surface area contributed by atoms with Gasteiger partial charge >= 0.3 is 0 Å². The third-order valence-electron chi connectivity index (χ3n) is 1.86. The van der Waals surface area contributed by atoms with Crippen LogP contribution >= 0.6 is 11.6 Å². The molecule has 0 N–H and O–H groups in total. The highest BCUT2D eigenvalue weighted by atomic mass is 35.5. The standard InChI is InChI=1S/C12H8ClFO/c13-9-6-7-11(14)12(8-9)15-10-4-2-1-3-5-10/h1-8H. The van der Waals surface area contributed by atoms with Crippen molar-refractivity contribution in [3.8, 4) is 11.5 Å². The molecule has 0 radical (unpaired) electrons. The summed E-state index contributed by atoms with van der Waals surface area (Å²) in [5.74, 6) is 0.288. The normalized spacial score (nSPS) is 10.0. The van der Waals surface area contributed by atoms with E-state index in [0.29, 0.717) is 10.8 Å². The highest BCUT2D eigenvalue weighted by Crippen LogP contribution is 2.26. The Balaban J connectivity index is 2.28. The Labute approximate surface area is 92.1 Å².